The van der Waals surface area contributed by atoms with Gasteiger partial charge in [0.25, 0.3) is 0 Å². The van der Waals surface area contributed by atoms with E-state index in [0.717, 1.165) is 5.56 Å². The topological polar surface area (TPSA) is 72.0 Å². The SMILES string of the molecule is CCOC(=O)CN1C(=O)N(c2cc(OCc3ncccc3F)ccc2C)Cc2c(Cl)cccc21. The molecule has 1 aromatic heterocycles. The molecule has 3 aromatic rings. The van der Waals surface area contributed by atoms with Crippen LogP contribution in [-0.4, -0.2) is 30.1 Å². The van der Waals surface area contributed by atoms with Gasteiger partial charge in [-0.25, -0.2) is 9.18 Å². The fourth-order valence-electron chi connectivity index (χ4n) is 3.75. The van der Waals surface area contributed by atoms with Gasteiger partial charge in [0.2, 0.25) is 0 Å². The van der Waals surface area contributed by atoms with E-state index < -0.39 is 11.8 Å². The minimum absolute atomic E-state index is 0.0627. The minimum Gasteiger partial charge on any atom is -0.487 e. The molecular formula is C25H23ClFN3O4. The van der Waals surface area contributed by atoms with Crippen molar-refractivity contribution in [2.45, 2.75) is 27.0 Å². The maximum Gasteiger partial charge on any atom is 0.329 e. The molecule has 0 fully saturated rings. The number of anilines is 2. The van der Waals surface area contributed by atoms with E-state index in [2.05, 4.69) is 4.98 Å². The van der Waals surface area contributed by atoms with E-state index in [0.29, 0.717) is 27.7 Å². The molecule has 0 saturated carbocycles. The number of benzene rings is 2. The quantitative estimate of drug-likeness (QED) is 0.428. The molecule has 0 spiro atoms. The molecule has 34 heavy (non-hydrogen) atoms. The second-order valence-electron chi connectivity index (χ2n) is 7.67. The third-order valence-electron chi connectivity index (χ3n) is 5.44. The van der Waals surface area contributed by atoms with Crippen molar-refractivity contribution in [3.8, 4) is 5.75 Å². The number of hydrogen-bond acceptors (Lipinski definition) is 5. The number of aromatic nitrogens is 1. The number of carbonyl (C=O) groups excluding carboxylic acids is 2. The first-order valence-electron chi connectivity index (χ1n) is 10.7. The highest BCUT2D eigenvalue weighted by atomic mass is 35.5. The van der Waals surface area contributed by atoms with Crippen LogP contribution in [0.5, 0.6) is 5.75 Å². The van der Waals surface area contributed by atoms with E-state index in [1.807, 2.05) is 13.0 Å². The zero-order valence-corrected chi connectivity index (χ0v) is 19.5. The summed E-state index contributed by atoms with van der Waals surface area (Å²) in [7, 11) is 0. The van der Waals surface area contributed by atoms with Crippen molar-refractivity contribution >= 4 is 35.0 Å². The minimum atomic E-state index is -0.519. The molecule has 9 heteroatoms. The zero-order valence-electron chi connectivity index (χ0n) is 18.8. The molecule has 0 unspecified atom stereocenters. The summed E-state index contributed by atoms with van der Waals surface area (Å²) in [6.07, 6.45) is 1.49. The summed E-state index contributed by atoms with van der Waals surface area (Å²) in [5.74, 6) is -0.530. The van der Waals surface area contributed by atoms with Crippen LogP contribution >= 0.6 is 11.6 Å². The molecule has 0 radical (unpaired) electrons. The molecule has 2 heterocycles. The summed E-state index contributed by atoms with van der Waals surface area (Å²) < 4.78 is 24.7. The van der Waals surface area contributed by atoms with Crippen molar-refractivity contribution in [1.29, 1.82) is 0 Å². The lowest BCUT2D eigenvalue weighted by Gasteiger charge is -2.37. The van der Waals surface area contributed by atoms with Gasteiger partial charge in [-0.3, -0.25) is 19.6 Å². The van der Waals surface area contributed by atoms with Crippen LogP contribution in [-0.2, 0) is 22.7 Å². The van der Waals surface area contributed by atoms with Crippen molar-refractivity contribution in [2.75, 3.05) is 23.0 Å². The van der Waals surface area contributed by atoms with Gasteiger partial charge in [-0.1, -0.05) is 23.7 Å². The van der Waals surface area contributed by atoms with Crippen LogP contribution in [0.15, 0.2) is 54.7 Å². The molecule has 1 aliphatic heterocycles. The van der Waals surface area contributed by atoms with Gasteiger partial charge < -0.3 is 9.47 Å². The Kier molecular flexibility index (Phi) is 6.98. The van der Waals surface area contributed by atoms with Crippen LogP contribution in [0.1, 0.15) is 23.7 Å². The van der Waals surface area contributed by atoms with Crippen LogP contribution < -0.4 is 14.5 Å². The average molecular weight is 484 g/mol. The van der Waals surface area contributed by atoms with Crippen molar-refractivity contribution < 1.29 is 23.5 Å². The molecule has 0 atom stereocenters. The molecule has 0 N–H and O–H groups in total. The Bertz CT molecular complexity index is 1240. The smallest absolute Gasteiger partial charge is 0.329 e. The van der Waals surface area contributed by atoms with Gasteiger partial charge in [0.05, 0.1) is 24.5 Å². The first-order valence-corrected chi connectivity index (χ1v) is 11.1. The molecule has 7 nitrogen and oxygen atoms in total. The second kappa shape index (κ2) is 10.1. The summed E-state index contributed by atoms with van der Waals surface area (Å²) in [5.41, 5.74) is 2.87. The van der Waals surface area contributed by atoms with Crippen molar-refractivity contribution in [3.63, 3.8) is 0 Å². The van der Waals surface area contributed by atoms with E-state index in [1.54, 1.807) is 37.3 Å². The number of urea groups is 1. The number of halogens is 2. The third kappa shape index (κ3) is 4.82. The summed E-state index contributed by atoms with van der Waals surface area (Å²) in [6.45, 7) is 3.69. The summed E-state index contributed by atoms with van der Waals surface area (Å²) in [6, 6.07) is 12.9. The number of amides is 2. The number of nitrogens with zero attached hydrogens (tertiary/aromatic N) is 3. The maximum atomic E-state index is 13.9. The zero-order chi connectivity index (χ0) is 24.2. The summed E-state index contributed by atoms with van der Waals surface area (Å²) in [4.78, 5) is 32.7. The van der Waals surface area contributed by atoms with Gasteiger partial charge in [0.15, 0.2) is 0 Å². The fraction of sp³-hybridized carbons (Fsp3) is 0.240. The van der Waals surface area contributed by atoms with E-state index in [-0.39, 0.29) is 38.0 Å². The monoisotopic (exact) mass is 483 g/mol. The van der Waals surface area contributed by atoms with Crippen molar-refractivity contribution in [1.82, 2.24) is 4.98 Å². The number of carbonyl (C=O) groups is 2. The lowest BCUT2D eigenvalue weighted by molar-refractivity contribution is -0.141. The molecule has 2 aromatic carbocycles. The Hall–Kier alpha value is -3.65. The molecule has 0 bridgehead atoms. The molecular weight excluding hydrogens is 461 g/mol. The largest absolute Gasteiger partial charge is 0.487 e. The van der Waals surface area contributed by atoms with Gasteiger partial charge >= 0.3 is 12.0 Å². The first-order chi connectivity index (χ1) is 16.4. The number of fused-ring (bicyclic) bond motifs is 1. The Morgan fingerprint density at radius 2 is 2.00 bits per heavy atom. The van der Waals surface area contributed by atoms with Gasteiger partial charge in [0.1, 0.15) is 30.4 Å². The second-order valence-corrected chi connectivity index (χ2v) is 8.07. The number of pyridine rings is 1. The first kappa shape index (κ1) is 23.5. The highest BCUT2D eigenvalue weighted by Crippen LogP contribution is 2.37. The number of hydrogen-bond donors (Lipinski definition) is 0. The van der Waals surface area contributed by atoms with E-state index in [1.165, 1.54) is 28.1 Å². The Morgan fingerprint density at radius 1 is 1.18 bits per heavy atom. The number of rotatable bonds is 7. The number of aryl methyl sites for hydroxylation is 1. The normalized spacial score (nSPS) is 13.0. The van der Waals surface area contributed by atoms with Gasteiger partial charge in [-0.2, -0.15) is 0 Å². The lowest BCUT2D eigenvalue weighted by Crippen LogP contribution is -2.49. The molecule has 4 rings (SSSR count). The van der Waals surface area contributed by atoms with Crippen LogP contribution in [0.25, 0.3) is 0 Å². The predicted octanol–water partition coefficient (Wildman–Crippen LogP) is 5.27. The maximum absolute atomic E-state index is 13.9. The van der Waals surface area contributed by atoms with Crippen LogP contribution in [0, 0.1) is 12.7 Å². The Labute approximate surface area is 201 Å². The van der Waals surface area contributed by atoms with Gasteiger partial charge in [-0.15, -0.1) is 0 Å². The molecule has 2 amide bonds. The highest BCUT2D eigenvalue weighted by molar-refractivity contribution is 6.32. The van der Waals surface area contributed by atoms with Crippen molar-refractivity contribution in [2.24, 2.45) is 0 Å². The molecule has 0 aliphatic carbocycles. The standard InChI is InChI=1S/C25H23ClFN3O4/c1-3-33-24(31)14-30-22-8-4-6-19(26)18(22)13-29(25(30)32)23-12-17(10-9-16(23)2)34-15-21-20(27)7-5-11-28-21/h4-12H,3,13-15H2,1-2H3. The third-order valence-corrected chi connectivity index (χ3v) is 5.79. The number of ether oxygens (including phenoxy) is 2. The summed E-state index contributed by atoms with van der Waals surface area (Å²) >= 11 is 6.46. The Morgan fingerprint density at radius 3 is 2.76 bits per heavy atom. The van der Waals surface area contributed by atoms with Crippen LogP contribution in [0.2, 0.25) is 5.02 Å². The van der Waals surface area contributed by atoms with E-state index in [4.69, 9.17) is 21.1 Å². The lowest BCUT2D eigenvalue weighted by atomic mass is 10.1. The highest BCUT2D eigenvalue weighted by Gasteiger charge is 2.34. The molecule has 1 aliphatic rings. The summed E-state index contributed by atoms with van der Waals surface area (Å²) in [5, 5.41) is 0.486. The van der Waals surface area contributed by atoms with Crippen LogP contribution in [0.4, 0.5) is 20.6 Å². The van der Waals surface area contributed by atoms with Gasteiger partial charge in [0, 0.05) is 22.8 Å². The Balaban J connectivity index is 1.65. The molecule has 176 valence electrons. The fourth-order valence-corrected chi connectivity index (χ4v) is 3.98. The van der Waals surface area contributed by atoms with Gasteiger partial charge in [-0.05, 0) is 49.7 Å². The predicted molar refractivity (Wildman–Crippen MR) is 127 cm³/mol. The van der Waals surface area contributed by atoms with Crippen molar-refractivity contribution in [3.05, 3.63) is 82.4 Å². The van der Waals surface area contributed by atoms with E-state index >= 15 is 0 Å². The average Bonchev–Trinajstić information content (AvgIpc) is 2.82. The molecule has 0 saturated heterocycles. The van der Waals surface area contributed by atoms with Crippen LogP contribution in [0.3, 0.4) is 0 Å². The number of esters is 1. The van der Waals surface area contributed by atoms with E-state index in [9.17, 15) is 14.0 Å².